The van der Waals surface area contributed by atoms with E-state index in [-0.39, 0.29) is 24.2 Å². The van der Waals surface area contributed by atoms with E-state index in [4.69, 9.17) is 18.0 Å². The molecule has 1 unspecified atom stereocenters. The van der Waals surface area contributed by atoms with Crippen molar-refractivity contribution in [2.75, 3.05) is 7.05 Å². The number of halogens is 1. The standard InChI is InChI=1S/C13H17FN2OS/c1-9(7-12(15)18)16(2)13(17)8-10-5-3-4-6-11(10)14/h3-6,9H,7-8H2,1-2H3,(H2,15,18). The first-order valence-corrected chi connectivity index (χ1v) is 6.10. The molecule has 3 nitrogen and oxygen atoms in total. The molecule has 0 bridgehead atoms. The van der Waals surface area contributed by atoms with Crippen LogP contribution in [-0.4, -0.2) is 28.9 Å². The molecule has 1 rings (SSSR count). The second-order valence-corrected chi connectivity index (χ2v) is 4.82. The van der Waals surface area contributed by atoms with Crippen LogP contribution < -0.4 is 5.73 Å². The van der Waals surface area contributed by atoms with Crippen LogP contribution in [0.25, 0.3) is 0 Å². The molecule has 0 aliphatic rings. The van der Waals surface area contributed by atoms with E-state index in [0.717, 1.165) is 0 Å². The van der Waals surface area contributed by atoms with E-state index in [1.807, 2.05) is 6.92 Å². The average molecular weight is 268 g/mol. The van der Waals surface area contributed by atoms with Crippen molar-refractivity contribution >= 4 is 23.1 Å². The molecule has 0 saturated heterocycles. The van der Waals surface area contributed by atoms with Crippen LogP contribution in [0.1, 0.15) is 18.9 Å². The zero-order chi connectivity index (χ0) is 13.7. The normalized spacial score (nSPS) is 11.9. The first kappa shape index (κ1) is 14.6. The number of likely N-dealkylation sites (N-methyl/N-ethyl adjacent to an activating group) is 1. The number of benzene rings is 1. The van der Waals surface area contributed by atoms with Gasteiger partial charge in [-0.2, -0.15) is 0 Å². The zero-order valence-corrected chi connectivity index (χ0v) is 11.3. The molecular weight excluding hydrogens is 251 g/mol. The molecule has 0 spiro atoms. The van der Waals surface area contributed by atoms with Gasteiger partial charge in [0.15, 0.2) is 0 Å². The Morgan fingerprint density at radius 1 is 1.50 bits per heavy atom. The third-order valence-electron chi connectivity index (χ3n) is 2.85. The number of carbonyl (C=O) groups excluding carboxylic acids is 1. The number of nitrogens with two attached hydrogens (primary N) is 1. The fraction of sp³-hybridized carbons (Fsp3) is 0.385. The highest BCUT2D eigenvalue weighted by Crippen LogP contribution is 2.10. The van der Waals surface area contributed by atoms with E-state index in [9.17, 15) is 9.18 Å². The number of nitrogens with zero attached hydrogens (tertiary/aromatic N) is 1. The molecule has 0 aliphatic heterocycles. The van der Waals surface area contributed by atoms with Crippen LogP contribution in [0.2, 0.25) is 0 Å². The zero-order valence-electron chi connectivity index (χ0n) is 10.5. The minimum atomic E-state index is -0.360. The lowest BCUT2D eigenvalue weighted by atomic mass is 10.1. The van der Waals surface area contributed by atoms with Gasteiger partial charge in [-0.15, -0.1) is 0 Å². The van der Waals surface area contributed by atoms with Gasteiger partial charge in [0, 0.05) is 19.5 Å². The van der Waals surface area contributed by atoms with Gasteiger partial charge in [-0.05, 0) is 18.6 Å². The molecule has 2 N–H and O–H groups in total. The lowest BCUT2D eigenvalue weighted by Crippen LogP contribution is -2.38. The van der Waals surface area contributed by atoms with Crippen molar-refractivity contribution in [3.05, 3.63) is 35.6 Å². The van der Waals surface area contributed by atoms with Gasteiger partial charge in [0.25, 0.3) is 0 Å². The summed E-state index contributed by atoms with van der Waals surface area (Å²) in [5.74, 6) is -0.509. The SMILES string of the molecule is CC(CC(N)=S)N(C)C(=O)Cc1ccccc1F. The number of rotatable bonds is 5. The summed E-state index contributed by atoms with van der Waals surface area (Å²) in [6.07, 6.45) is 0.514. The third-order valence-corrected chi connectivity index (χ3v) is 3.02. The van der Waals surface area contributed by atoms with E-state index in [1.54, 1.807) is 30.1 Å². The molecule has 1 atom stereocenters. The lowest BCUT2D eigenvalue weighted by molar-refractivity contribution is -0.130. The summed E-state index contributed by atoms with van der Waals surface area (Å²) in [5, 5.41) is 0. The highest BCUT2D eigenvalue weighted by Gasteiger charge is 2.17. The summed E-state index contributed by atoms with van der Waals surface area (Å²) in [6.45, 7) is 1.86. The minimum Gasteiger partial charge on any atom is -0.393 e. The van der Waals surface area contributed by atoms with Gasteiger partial charge in [0.1, 0.15) is 5.82 Å². The van der Waals surface area contributed by atoms with Crippen LogP contribution in [0.4, 0.5) is 4.39 Å². The maximum Gasteiger partial charge on any atom is 0.227 e. The Morgan fingerprint density at radius 2 is 2.11 bits per heavy atom. The third kappa shape index (κ3) is 4.07. The number of hydrogen-bond acceptors (Lipinski definition) is 2. The van der Waals surface area contributed by atoms with Crippen LogP contribution in [0.5, 0.6) is 0 Å². The average Bonchev–Trinajstić information content (AvgIpc) is 2.30. The predicted octanol–water partition coefficient (Wildman–Crippen LogP) is 1.89. The maximum absolute atomic E-state index is 13.4. The topological polar surface area (TPSA) is 46.3 Å². The molecular formula is C13H17FN2OS. The summed E-state index contributed by atoms with van der Waals surface area (Å²) in [5.41, 5.74) is 5.84. The van der Waals surface area contributed by atoms with Gasteiger partial charge >= 0.3 is 0 Å². The summed E-state index contributed by atoms with van der Waals surface area (Å²) in [6, 6.07) is 6.19. The number of carbonyl (C=O) groups is 1. The Hall–Kier alpha value is -1.49. The highest BCUT2D eigenvalue weighted by molar-refractivity contribution is 7.80. The van der Waals surface area contributed by atoms with Crippen molar-refractivity contribution in [2.45, 2.75) is 25.8 Å². The molecule has 1 aromatic rings. The Labute approximate surface area is 112 Å². The molecule has 1 aromatic carbocycles. The lowest BCUT2D eigenvalue weighted by Gasteiger charge is -2.24. The van der Waals surface area contributed by atoms with Crippen LogP contribution in [-0.2, 0) is 11.2 Å². The molecule has 98 valence electrons. The van der Waals surface area contributed by atoms with Gasteiger partial charge < -0.3 is 10.6 Å². The van der Waals surface area contributed by atoms with E-state index >= 15 is 0 Å². The van der Waals surface area contributed by atoms with Gasteiger partial charge in [-0.3, -0.25) is 4.79 Å². The van der Waals surface area contributed by atoms with Crippen molar-refractivity contribution in [3.63, 3.8) is 0 Å². The fourth-order valence-corrected chi connectivity index (χ4v) is 1.84. The van der Waals surface area contributed by atoms with Crippen LogP contribution >= 0.6 is 12.2 Å². The first-order chi connectivity index (χ1) is 8.41. The van der Waals surface area contributed by atoms with Crippen molar-refractivity contribution < 1.29 is 9.18 Å². The van der Waals surface area contributed by atoms with E-state index in [1.165, 1.54) is 6.07 Å². The molecule has 0 radical (unpaired) electrons. The summed E-state index contributed by atoms with van der Waals surface area (Å²) < 4.78 is 13.4. The second-order valence-electron chi connectivity index (χ2n) is 4.29. The number of hydrogen-bond donors (Lipinski definition) is 1. The van der Waals surface area contributed by atoms with E-state index < -0.39 is 0 Å². The van der Waals surface area contributed by atoms with E-state index in [2.05, 4.69) is 0 Å². The van der Waals surface area contributed by atoms with Gasteiger partial charge in [0.2, 0.25) is 5.91 Å². The monoisotopic (exact) mass is 268 g/mol. The maximum atomic E-state index is 13.4. The summed E-state index contributed by atoms with van der Waals surface area (Å²) >= 11 is 4.81. The van der Waals surface area contributed by atoms with Gasteiger partial charge in [0.05, 0.1) is 11.4 Å². The molecule has 5 heteroatoms. The molecule has 0 aromatic heterocycles. The molecule has 0 fully saturated rings. The molecule has 0 saturated carbocycles. The molecule has 0 aliphatic carbocycles. The van der Waals surface area contributed by atoms with E-state index in [0.29, 0.717) is 17.0 Å². The van der Waals surface area contributed by atoms with Crippen LogP contribution in [0.15, 0.2) is 24.3 Å². The van der Waals surface area contributed by atoms with Crippen molar-refractivity contribution in [2.24, 2.45) is 5.73 Å². The molecule has 0 heterocycles. The quantitative estimate of drug-likeness (QED) is 0.830. The Morgan fingerprint density at radius 3 is 2.67 bits per heavy atom. The van der Waals surface area contributed by atoms with Crippen molar-refractivity contribution in [3.8, 4) is 0 Å². The largest absolute Gasteiger partial charge is 0.393 e. The van der Waals surface area contributed by atoms with Gasteiger partial charge in [-0.1, -0.05) is 30.4 Å². The summed E-state index contributed by atoms with van der Waals surface area (Å²) in [7, 11) is 1.67. The predicted molar refractivity (Wildman–Crippen MR) is 73.7 cm³/mol. The Kier molecular flexibility index (Phi) is 5.22. The van der Waals surface area contributed by atoms with Crippen molar-refractivity contribution in [1.29, 1.82) is 0 Å². The van der Waals surface area contributed by atoms with Gasteiger partial charge in [-0.25, -0.2) is 4.39 Å². The van der Waals surface area contributed by atoms with Crippen molar-refractivity contribution in [1.82, 2.24) is 4.90 Å². The molecule has 1 amide bonds. The minimum absolute atomic E-state index is 0.0465. The highest BCUT2D eigenvalue weighted by atomic mass is 32.1. The fourth-order valence-electron chi connectivity index (χ4n) is 1.60. The smallest absolute Gasteiger partial charge is 0.227 e. The second kappa shape index (κ2) is 6.44. The van der Waals surface area contributed by atoms with Crippen LogP contribution in [0.3, 0.4) is 0 Å². The first-order valence-electron chi connectivity index (χ1n) is 5.69. The molecule has 18 heavy (non-hydrogen) atoms. The Balaban J connectivity index is 2.65. The number of thiocarbonyl (C=S) groups is 1. The summed E-state index contributed by atoms with van der Waals surface area (Å²) in [4.78, 5) is 13.9. The Bertz CT molecular complexity index is 450. The van der Waals surface area contributed by atoms with Crippen LogP contribution in [0, 0.1) is 5.82 Å². The number of amides is 1.